The molecule has 1 amide bonds. The van der Waals surface area contributed by atoms with Crippen LogP contribution in [0.15, 0.2) is 30.5 Å². The monoisotopic (exact) mass is 289 g/mol. The van der Waals surface area contributed by atoms with Crippen molar-refractivity contribution in [1.29, 1.82) is 0 Å². The van der Waals surface area contributed by atoms with Crippen molar-refractivity contribution in [2.24, 2.45) is 5.73 Å². The summed E-state index contributed by atoms with van der Waals surface area (Å²) in [4.78, 5) is 12.2. The highest BCUT2D eigenvalue weighted by molar-refractivity contribution is 7.80. The van der Waals surface area contributed by atoms with E-state index in [4.69, 9.17) is 18.0 Å². The highest BCUT2D eigenvalue weighted by atomic mass is 32.1. The van der Waals surface area contributed by atoms with E-state index in [0.29, 0.717) is 11.5 Å². The number of nitrogens with zero attached hydrogens (tertiary/aromatic N) is 1. The average Bonchev–Trinajstić information content (AvgIpc) is 2.81. The van der Waals surface area contributed by atoms with E-state index in [1.165, 1.54) is 0 Å². The molecule has 0 aliphatic carbocycles. The fourth-order valence-corrected chi connectivity index (χ4v) is 2.22. The second-order valence-electron chi connectivity index (χ2n) is 4.78. The van der Waals surface area contributed by atoms with Gasteiger partial charge in [0.25, 0.3) is 0 Å². The Labute approximate surface area is 123 Å². The minimum atomic E-state index is 0.0247. The number of hydrogen-bond acceptors (Lipinski definition) is 2. The van der Waals surface area contributed by atoms with Gasteiger partial charge in [-0.3, -0.25) is 4.79 Å². The molecule has 0 unspecified atom stereocenters. The molecule has 0 aliphatic rings. The predicted octanol–water partition coefficient (Wildman–Crippen LogP) is 2.19. The Hall–Kier alpha value is -1.88. The number of nitrogens with two attached hydrogens (primary N) is 1. The maximum atomic E-state index is 11.9. The van der Waals surface area contributed by atoms with Gasteiger partial charge >= 0.3 is 0 Å². The number of fused-ring (bicyclic) bond motifs is 1. The third-order valence-electron chi connectivity index (χ3n) is 3.22. The van der Waals surface area contributed by atoms with Crippen molar-refractivity contribution in [2.45, 2.75) is 26.3 Å². The van der Waals surface area contributed by atoms with E-state index in [1.54, 1.807) is 0 Å². The van der Waals surface area contributed by atoms with Gasteiger partial charge < -0.3 is 15.6 Å². The maximum Gasteiger partial charge on any atom is 0.239 e. The van der Waals surface area contributed by atoms with E-state index in [-0.39, 0.29) is 5.91 Å². The van der Waals surface area contributed by atoms with E-state index in [2.05, 4.69) is 12.2 Å². The highest BCUT2D eigenvalue weighted by Crippen LogP contribution is 2.17. The fourth-order valence-electron chi connectivity index (χ4n) is 2.09. The molecule has 1 aromatic heterocycles. The van der Waals surface area contributed by atoms with Crippen molar-refractivity contribution in [3.8, 4) is 0 Å². The molecule has 20 heavy (non-hydrogen) atoms. The summed E-state index contributed by atoms with van der Waals surface area (Å²) in [6.07, 6.45) is 3.99. The van der Waals surface area contributed by atoms with Crippen molar-refractivity contribution in [2.75, 3.05) is 6.54 Å². The third-order valence-corrected chi connectivity index (χ3v) is 3.46. The van der Waals surface area contributed by atoms with Gasteiger partial charge in [-0.25, -0.2) is 0 Å². The molecule has 0 radical (unpaired) electrons. The lowest BCUT2D eigenvalue weighted by molar-refractivity contribution is -0.121. The van der Waals surface area contributed by atoms with Crippen molar-refractivity contribution >= 4 is 34.0 Å². The molecule has 0 spiro atoms. The summed E-state index contributed by atoms with van der Waals surface area (Å²) in [5.74, 6) is 0.0247. The van der Waals surface area contributed by atoms with Gasteiger partial charge in [-0.1, -0.05) is 37.7 Å². The zero-order valence-corrected chi connectivity index (χ0v) is 12.4. The highest BCUT2D eigenvalue weighted by Gasteiger charge is 2.07. The molecular formula is C15H19N3OS. The normalized spacial score (nSPS) is 10.7. The number of unbranched alkanes of at least 4 members (excludes halogenated alkanes) is 1. The van der Waals surface area contributed by atoms with Gasteiger partial charge in [0.15, 0.2) is 0 Å². The van der Waals surface area contributed by atoms with E-state index in [9.17, 15) is 4.79 Å². The molecule has 2 aromatic rings. The van der Waals surface area contributed by atoms with Gasteiger partial charge in [0.2, 0.25) is 5.91 Å². The molecule has 0 saturated carbocycles. The molecule has 5 heteroatoms. The first-order chi connectivity index (χ1) is 9.61. The summed E-state index contributed by atoms with van der Waals surface area (Å²) in [5, 5.41) is 3.99. The summed E-state index contributed by atoms with van der Waals surface area (Å²) < 4.78 is 1.92. The summed E-state index contributed by atoms with van der Waals surface area (Å²) >= 11 is 4.99. The lowest BCUT2D eigenvalue weighted by Gasteiger charge is -2.07. The summed E-state index contributed by atoms with van der Waals surface area (Å²) in [6.45, 7) is 3.14. The van der Waals surface area contributed by atoms with Gasteiger partial charge in [0, 0.05) is 23.8 Å². The quantitative estimate of drug-likeness (QED) is 0.633. The minimum Gasteiger partial charge on any atom is -0.389 e. The number of aromatic nitrogens is 1. The topological polar surface area (TPSA) is 60.0 Å². The first-order valence-electron chi connectivity index (χ1n) is 6.77. The van der Waals surface area contributed by atoms with Crippen molar-refractivity contribution in [3.05, 3.63) is 36.0 Å². The predicted molar refractivity (Wildman–Crippen MR) is 85.7 cm³/mol. The molecule has 4 nitrogen and oxygen atoms in total. The molecule has 2 rings (SSSR count). The number of hydrogen-bond donors (Lipinski definition) is 2. The maximum absolute atomic E-state index is 11.9. The molecule has 0 atom stereocenters. The second kappa shape index (κ2) is 6.52. The Morgan fingerprint density at radius 3 is 2.90 bits per heavy atom. The van der Waals surface area contributed by atoms with Crippen LogP contribution in [-0.2, 0) is 11.3 Å². The first-order valence-corrected chi connectivity index (χ1v) is 7.18. The van der Waals surface area contributed by atoms with E-state index in [1.807, 2.05) is 35.0 Å². The van der Waals surface area contributed by atoms with Gasteiger partial charge in [-0.15, -0.1) is 0 Å². The lowest BCUT2D eigenvalue weighted by Crippen LogP contribution is -2.28. The first kappa shape index (κ1) is 14.5. The Morgan fingerprint density at radius 2 is 2.20 bits per heavy atom. The average molecular weight is 289 g/mol. The molecular weight excluding hydrogens is 270 g/mol. The van der Waals surface area contributed by atoms with Crippen LogP contribution in [0.25, 0.3) is 10.9 Å². The molecule has 1 heterocycles. The molecule has 0 fully saturated rings. The molecule has 1 aromatic carbocycles. The SMILES string of the molecule is CCCCNC(=O)Cn1ccc2ccc(C(N)=S)cc21. The Bertz CT molecular complexity index is 633. The standard InChI is InChI=1S/C15H19N3OS/c1-2-3-7-17-14(19)10-18-8-6-11-4-5-12(15(16)20)9-13(11)18/h4-6,8-9H,2-3,7,10H2,1H3,(H2,16,20)(H,17,19). The van der Waals surface area contributed by atoms with Crippen LogP contribution in [0.5, 0.6) is 0 Å². The molecule has 0 saturated heterocycles. The van der Waals surface area contributed by atoms with Crippen LogP contribution in [0, 0.1) is 0 Å². The van der Waals surface area contributed by atoms with Gasteiger partial charge in [-0.2, -0.15) is 0 Å². The van der Waals surface area contributed by atoms with Crippen LogP contribution < -0.4 is 11.1 Å². The molecule has 3 N–H and O–H groups in total. The lowest BCUT2D eigenvalue weighted by atomic mass is 10.1. The van der Waals surface area contributed by atoms with Crippen LogP contribution in [0.4, 0.5) is 0 Å². The number of rotatable bonds is 6. The van der Waals surface area contributed by atoms with Crippen molar-refractivity contribution in [3.63, 3.8) is 0 Å². The zero-order chi connectivity index (χ0) is 14.5. The van der Waals surface area contributed by atoms with E-state index < -0.39 is 0 Å². The van der Waals surface area contributed by atoms with E-state index in [0.717, 1.165) is 35.9 Å². The van der Waals surface area contributed by atoms with Crippen LogP contribution in [0.1, 0.15) is 25.3 Å². The van der Waals surface area contributed by atoms with Crippen molar-refractivity contribution in [1.82, 2.24) is 9.88 Å². The third kappa shape index (κ3) is 3.36. The number of carbonyl (C=O) groups excluding carboxylic acids is 1. The van der Waals surface area contributed by atoms with Crippen LogP contribution in [0.2, 0.25) is 0 Å². The van der Waals surface area contributed by atoms with Gasteiger partial charge in [0.05, 0.1) is 0 Å². The van der Waals surface area contributed by atoms with Crippen LogP contribution in [0.3, 0.4) is 0 Å². The number of carbonyl (C=O) groups is 1. The second-order valence-corrected chi connectivity index (χ2v) is 5.22. The van der Waals surface area contributed by atoms with Gasteiger partial charge in [0.1, 0.15) is 11.5 Å². The minimum absolute atomic E-state index is 0.0247. The van der Waals surface area contributed by atoms with Crippen LogP contribution >= 0.6 is 12.2 Å². The largest absolute Gasteiger partial charge is 0.389 e. The number of nitrogens with one attached hydrogen (secondary N) is 1. The van der Waals surface area contributed by atoms with Crippen molar-refractivity contribution < 1.29 is 4.79 Å². The van der Waals surface area contributed by atoms with Crippen LogP contribution in [-0.4, -0.2) is 22.0 Å². The molecule has 106 valence electrons. The number of thiocarbonyl (C=S) groups is 1. The fraction of sp³-hybridized carbons (Fsp3) is 0.333. The van der Waals surface area contributed by atoms with Gasteiger partial charge in [-0.05, 0) is 23.9 Å². The Kier molecular flexibility index (Phi) is 4.74. The summed E-state index contributed by atoms with van der Waals surface area (Å²) in [5.41, 5.74) is 7.44. The summed E-state index contributed by atoms with van der Waals surface area (Å²) in [6, 6.07) is 7.78. The Balaban J connectivity index is 2.15. The number of amides is 1. The number of benzene rings is 1. The zero-order valence-electron chi connectivity index (χ0n) is 11.6. The Morgan fingerprint density at radius 1 is 1.40 bits per heavy atom. The smallest absolute Gasteiger partial charge is 0.239 e. The molecule has 0 bridgehead atoms. The van der Waals surface area contributed by atoms with E-state index >= 15 is 0 Å². The molecule has 0 aliphatic heterocycles. The summed E-state index contributed by atoms with van der Waals surface area (Å²) in [7, 11) is 0.